The third kappa shape index (κ3) is 5.13. The molecule has 60 heavy (non-hydrogen) atoms. The lowest BCUT2D eigenvalue weighted by atomic mass is 9.70. The number of anilines is 3. The van der Waals surface area contributed by atoms with Crippen LogP contribution in [0.4, 0.5) is 17.1 Å². The molecule has 10 aromatic rings. The van der Waals surface area contributed by atoms with Crippen molar-refractivity contribution >= 4 is 27.8 Å². The van der Waals surface area contributed by atoms with Crippen LogP contribution in [-0.2, 0) is 5.41 Å². The van der Waals surface area contributed by atoms with Gasteiger partial charge < -0.3 is 4.90 Å². The van der Waals surface area contributed by atoms with E-state index in [9.17, 15) is 0 Å². The van der Waals surface area contributed by atoms with Crippen molar-refractivity contribution in [1.82, 2.24) is 0 Å². The van der Waals surface area contributed by atoms with Gasteiger partial charge in [0.1, 0.15) is 0 Å². The highest BCUT2D eigenvalue weighted by Crippen LogP contribution is 2.63. The molecule has 0 amide bonds. The van der Waals surface area contributed by atoms with Gasteiger partial charge in [-0.1, -0.05) is 200 Å². The number of benzene rings is 10. The van der Waals surface area contributed by atoms with Crippen LogP contribution in [0.25, 0.3) is 66.4 Å². The minimum atomic E-state index is -0.389. The summed E-state index contributed by atoms with van der Waals surface area (Å²) in [5.41, 5.74) is 20.9. The Hall–Kier alpha value is -7.74. The van der Waals surface area contributed by atoms with E-state index in [1.165, 1.54) is 88.7 Å². The Balaban J connectivity index is 1.03. The van der Waals surface area contributed by atoms with Crippen LogP contribution in [0.15, 0.2) is 237 Å². The molecule has 2 aliphatic carbocycles. The summed E-state index contributed by atoms with van der Waals surface area (Å²) in [6.07, 6.45) is 0. The first-order valence-corrected chi connectivity index (χ1v) is 20.8. The Kier molecular flexibility index (Phi) is 7.83. The van der Waals surface area contributed by atoms with Gasteiger partial charge >= 0.3 is 0 Å². The van der Waals surface area contributed by atoms with Crippen LogP contribution in [-0.4, -0.2) is 0 Å². The van der Waals surface area contributed by atoms with Gasteiger partial charge in [-0.15, -0.1) is 0 Å². The minimum absolute atomic E-state index is 0.389. The Bertz CT molecular complexity index is 3090. The van der Waals surface area contributed by atoms with E-state index in [2.05, 4.69) is 241 Å². The van der Waals surface area contributed by atoms with Crippen molar-refractivity contribution in [3.8, 4) is 55.6 Å². The molecule has 280 valence electrons. The van der Waals surface area contributed by atoms with E-state index in [0.29, 0.717) is 0 Å². The maximum absolute atomic E-state index is 2.50. The van der Waals surface area contributed by atoms with Crippen LogP contribution in [0.2, 0.25) is 0 Å². The molecule has 0 unspecified atom stereocenters. The van der Waals surface area contributed by atoms with Gasteiger partial charge in [0.25, 0.3) is 0 Å². The van der Waals surface area contributed by atoms with Crippen LogP contribution in [0.1, 0.15) is 22.3 Å². The largest absolute Gasteiger partial charge is 0.310 e. The molecular weight excluding hydrogens is 723 g/mol. The number of hydrogen-bond donors (Lipinski definition) is 0. The van der Waals surface area contributed by atoms with E-state index in [1.54, 1.807) is 0 Å². The lowest BCUT2D eigenvalue weighted by Gasteiger charge is -2.31. The molecule has 0 saturated heterocycles. The zero-order valence-electron chi connectivity index (χ0n) is 33.0. The zero-order chi connectivity index (χ0) is 39.6. The predicted octanol–water partition coefficient (Wildman–Crippen LogP) is 15.7. The summed E-state index contributed by atoms with van der Waals surface area (Å²) in [5.74, 6) is 0. The average molecular weight is 762 g/mol. The van der Waals surface area contributed by atoms with Crippen molar-refractivity contribution in [2.75, 3.05) is 4.90 Å². The highest BCUT2D eigenvalue weighted by atomic mass is 15.1. The fraction of sp³-hybridized carbons (Fsp3) is 0.0169. The number of rotatable bonds is 6. The van der Waals surface area contributed by atoms with Crippen molar-refractivity contribution < 1.29 is 0 Å². The monoisotopic (exact) mass is 761 g/mol. The van der Waals surface area contributed by atoms with Crippen molar-refractivity contribution in [2.24, 2.45) is 0 Å². The van der Waals surface area contributed by atoms with Crippen LogP contribution in [0.3, 0.4) is 0 Å². The van der Waals surface area contributed by atoms with E-state index >= 15 is 0 Å². The van der Waals surface area contributed by atoms with E-state index in [0.717, 1.165) is 17.1 Å². The molecule has 0 radical (unpaired) electrons. The molecule has 0 aliphatic heterocycles. The summed E-state index contributed by atoms with van der Waals surface area (Å²) in [5, 5.41) is 2.42. The molecule has 1 spiro atoms. The van der Waals surface area contributed by atoms with Gasteiger partial charge in [-0.25, -0.2) is 0 Å². The second-order valence-electron chi connectivity index (χ2n) is 16.0. The number of fused-ring (bicyclic) bond motifs is 11. The highest BCUT2D eigenvalue weighted by molar-refractivity contribution is 6.07. The van der Waals surface area contributed by atoms with Gasteiger partial charge in [-0.2, -0.15) is 0 Å². The average Bonchev–Trinajstić information content (AvgIpc) is 3.80. The Labute approximate surface area is 351 Å². The first kappa shape index (κ1) is 34.3. The smallest absolute Gasteiger partial charge is 0.0725 e. The molecule has 10 aromatic carbocycles. The molecule has 0 bridgehead atoms. The second kappa shape index (κ2) is 13.7. The zero-order valence-corrected chi connectivity index (χ0v) is 33.0. The van der Waals surface area contributed by atoms with Gasteiger partial charge in [0, 0.05) is 16.8 Å². The summed E-state index contributed by atoms with van der Waals surface area (Å²) in [7, 11) is 0. The fourth-order valence-electron chi connectivity index (χ4n) is 10.3. The van der Waals surface area contributed by atoms with Gasteiger partial charge in [0.15, 0.2) is 0 Å². The van der Waals surface area contributed by atoms with Crippen molar-refractivity contribution in [3.63, 3.8) is 0 Å². The third-order valence-electron chi connectivity index (χ3n) is 12.9. The first-order valence-electron chi connectivity index (χ1n) is 20.8. The second-order valence-corrected chi connectivity index (χ2v) is 16.0. The summed E-state index contributed by atoms with van der Waals surface area (Å²) in [6.45, 7) is 0. The minimum Gasteiger partial charge on any atom is -0.310 e. The molecule has 0 N–H and O–H groups in total. The van der Waals surface area contributed by atoms with Gasteiger partial charge in [-0.05, 0) is 120 Å². The van der Waals surface area contributed by atoms with Gasteiger partial charge in [0.05, 0.1) is 11.1 Å². The van der Waals surface area contributed by atoms with Crippen molar-refractivity contribution in [3.05, 3.63) is 259 Å². The van der Waals surface area contributed by atoms with Crippen LogP contribution in [0.5, 0.6) is 0 Å². The Morgan fingerprint density at radius 2 is 0.633 bits per heavy atom. The Morgan fingerprint density at radius 3 is 1.15 bits per heavy atom. The number of hydrogen-bond acceptors (Lipinski definition) is 1. The first-order chi connectivity index (χ1) is 29.8. The summed E-state index contributed by atoms with van der Waals surface area (Å²) >= 11 is 0. The van der Waals surface area contributed by atoms with E-state index < -0.39 is 0 Å². The molecule has 0 aromatic heterocycles. The summed E-state index contributed by atoms with van der Waals surface area (Å²) in [4.78, 5) is 2.41. The lowest BCUT2D eigenvalue weighted by molar-refractivity contribution is 0.794. The van der Waals surface area contributed by atoms with Gasteiger partial charge in [-0.3, -0.25) is 0 Å². The van der Waals surface area contributed by atoms with Crippen molar-refractivity contribution in [2.45, 2.75) is 5.41 Å². The maximum atomic E-state index is 2.50. The molecule has 1 nitrogen and oxygen atoms in total. The van der Waals surface area contributed by atoms with E-state index in [1.807, 2.05) is 0 Å². The maximum Gasteiger partial charge on any atom is 0.0725 e. The molecular formula is C59H39N. The van der Waals surface area contributed by atoms with Crippen LogP contribution in [0, 0.1) is 0 Å². The molecule has 12 rings (SSSR count). The molecule has 2 aliphatic rings. The molecule has 0 fully saturated rings. The van der Waals surface area contributed by atoms with Crippen LogP contribution >= 0.6 is 0 Å². The topological polar surface area (TPSA) is 3.24 Å². The van der Waals surface area contributed by atoms with Crippen LogP contribution < -0.4 is 4.90 Å². The molecule has 0 saturated carbocycles. The summed E-state index contributed by atoms with van der Waals surface area (Å²) < 4.78 is 0. The SMILES string of the molecule is c1ccc(-c2ccc(N(c3ccc(-c4ccccc4)cc3)c3ccc(-c4ccc5c(c4)C4(c6ccccc6-c6ccccc64)c4ccccc4-5)c4ccccc34)cc2)cc1. The van der Waals surface area contributed by atoms with E-state index in [-0.39, 0.29) is 5.41 Å². The third-order valence-corrected chi connectivity index (χ3v) is 12.9. The summed E-state index contributed by atoms with van der Waals surface area (Å²) in [6, 6.07) is 87.1. The predicted molar refractivity (Wildman–Crippen MR) is 251 cm³/mol. The van der Waals surface area contributed by atoms with Crippen molar-refractivity contribution in [1.29, 1.82) is 0 Å². The Morgan fingerprint density at radius 1 is 0.250 bits per heavy atom. The van der Waals surface area contributed by atoms with E-state index in [4.69, 9.17) is 0 Å². The lowest BCUT2D eigenvalue weighted by Crippen LogP contribution is -2.25. The molecule has 0 atom stereocenters. The highest BCUT2D eigenvalue weighted by Gasteiger charge is 2.51. The molecule has 0 heterocycles. The quantitative estimate of drug-likeness (QED) is 0.163. The fourth-order valence-corrected chi connectivity index (χ4v) is 10.3. The number of nitrogens with zero attached hydrogens (tertiary/aromatic N) is 1. The molecule has 1 heteroatoms. The van der Waals surface area contributed by atoms with Gasteiger partial charge in [0.2, 0.25) is 0 Å². The standard InChI is InChI=1S/C59H39N/c1-3-15-40(16-4-1)42-27-32-45(33-28-42)60(46-34-29-43(30-35-46)41-17-5-2-6-18-41)58-38-37-47(48-19-7-8-23-53(48)58)44-31-36-52-51-22-11-14-26-56(51)59(57(52)39-44)54-24-12-9-20-49(54)50-21-10-13-25-55(50)59/h1-39H. The normalized spacial score (nSPS) is 12.8.